The van der Waals surface area contributed by atoms with Crippen LogP contribution in [-0.4, -0.2) is 13.0 Å². The Morgan fingerprint density at radius 3 is 2.69 bits per heavy atom. The highest BCUT2D eigenvalue weighted by atomic mass is 79.9. The predicted octanol–water partition coefficient (Wildman–Crippen LogP) is 2.68. The Balaban J connectivity index is 2.69. The Labute approximate surface area is 104 Å². The van der Waals surface area contributed by atoms with E-state index in [0.29, 0.717) is 12.1 Å². The van der Waals surface area contributed by atoms with Crippen molar-refractivity contribution in [3.8, 4) is 0 Å². The first-order valence-corrected chi connectivity index (χ1v) is 5.98. The van der Waals surface area contributed by atoms with E-state index in [-0.39, 0.29) is 11.3 Å². The van der Waals surface area contributed by atoms with E-state index < -0.39 is 0 Å². The van der Waals surface area contributed by atoms with Crippen molar-refractivity contribution in [3.63, 3.8) is 0 Å². The number of carbonyl (C=O) groups excluding carboxylic acids is 1. The summed E-state index contributed by atoms with van der Waals surface area (Å²) in [6, 6.07) is 3.88. The minimum absolute atomic E-state index is 0.130. The molecule has 2 rings (SSSR count). The molecule has 2 N–H and O–H groups in total. The van der Waals surface area contributed by atoms with Crippen LogP contribution in [-0.2, 0) is 10.2 Å². The lowest BCUT2D eigenvalue weighted by molar-refractivity contribution is -0.119. The number of fused-ring (bicyclic) bond motifs is 1. The van der Waals surface area contributed by atoms with Gasteiger partial charge in [0.25, 0.3) is 0 Å². The Hall–Kier alpha value is -1.03. The maximum absolute atomic E-state index is 11.8. The highest BCUT2D eigenvalue weighted by molar-refractivity contribution is 9.10. The van der Waals surface area contributed by atoms with Crippen molar-refractivity contribution in [1.29, 1.82) is 0 Å². The molecule has 1 aromatic rings. The maximum atomic E-state index is 11.8. The molecule has 0 aromatic heterocycles. The van der Waals surface area contributed by atoms with E-state index in [1.54, 1.807) is 11.9 Å². The summed E-state index contributed by atoms with van der Waals surface area (Å²) in [6.07, 6.45) is 0.535. The number of hydrogen-bond donors (Lipinski definition) is 1. The van der Waals surface area contributed by atoms with Gasteiger partial charge in [-0.25, -0.2) is 0 Å². The third-order valence-corrected chi connectivity index (χ3v) is 3.86. The van der Waals surface area contributed by atoms with Gasteiger partial charge >= 0.3 is 0 Å². The molecule has 1 aliphatic heterocycles. The van der Waals surface area contributed by atoms with Gasteiger partial charge in [-0.15, -0.1) is 0 Å². The van der Waals surface area contributed by atoms with E-state index in [4.69, 9.17) is 5.73 Å². The molecule has 0 saturated carbocycles. The van der Waals surface area contributed by atoms with Gasteiger partial charge in [0.15, 0.2) is 0 Å². The van der Waals surface area contributed by atoms with Crippen LogP contribution < -0.4 is 10.6 Å². The van der Waals surface area contributed by atoms with Gasteiger partial charge in [0.1, 0.15) is 0 Å². The Morgan fingerprint density at radius 2 is 2.06 bits per heavy atom. The number of carbonyl (C=O) groups is 1. The second-order valence-corrected chi connectivity index (χ2v) is 5.76. The van der Waals surface area contributed by atoms with Crippen molar-refractivity contribution in [2.24, 2.45) is 0 Å². The van der Waals surface area contributed by atoms with Gasteiger partial charge < -0.3 is 10.6 Å². The SMILES string of the molecule is CN1C(=O)CC(C)(C)c2cc(Br)c(N)cc21. The van der Waals surface area contributed by atoms with Crippen LogP contribution in [0.1, 0.15) is 25.8 Å². The van der Waals surface area contributed by atoms with Crippen molar-refractivity contribution in [1.82, 2.24) is 0 Å². The molecule has 16 heavy (non-hydrogen) atoms. The standard InChI is InChI=1S/C12H15BrN2O/c1-12(2)6-11(16)15(3)10-5-9(14)8(13)4-7(10)12/h4-5H,6,14H2,1-3H3. The maximum Gasteiger partial charge on any atom is 0.227 e. The number of nitrogen functional groups attached to an aromatic ring is 1. The first-order chi connectivity index (χ1) is 7.33. The van der Waals surface area contributed by atoms with Crippen LogP contribution in [0.25, 0.3) is 0 Å². The van der Waals surface area contributed by atoms with Gasteiger partial charge in [0.05, 0.1) is 0 Å². The lowest BCUT2D eigenvalue weighted by Gasteiger charge is -2.37. The molecule has 0 bridgehead atoms. The van der Waals surface area contributed by atoms with Crippen LogP contribution in [0.2, 0.25) is 0 Å². The molecule has 0 fully saturated rings. The lowest BCUT2D eigenvalue weighted by Crippen LogP contribution is -2.39. The number of rotatable bonds is 0. The smallest absolute Gasteiger partial charge is 0.227 e. The van der Waals surface area contributed by atoms with E-state index in [1.165, 1.54) is 0 Å². The van der Waals surface area contributed by atoms with Gasteiger partial charge in [0.2, 0.25) is 5.91 Å². The normalized spacial score (nSPS) is 18.5. The third-order valence-electron chi connectivity index (χ3n) is 3.17. The number of nitrogens with two attached hydrogens (primary N) is 1. The molecule has 0 aliphatic carbocycles. The highest BCUT2D eigenvalue weighted by Gasteiger charge is 2.35. The number of hydrogen-bond acceptors (Lipinski definition) is 2. The monoisotopic (exact) mass is 282 g/mol. The summed E-state index contributed by atoms with van der Waals surface area (Å²) in [5.74, 6) is 0.138. The minimum atomic E-state index is -0.130. The fraction of sp³-hybridized carbons (Fsp3) is 0.417. The molecule has 3 nitrogen and oxygen atoms in total. The molecule has 0 unspecified atom stereocenters. The molecular formula is C12H15BrN2O. The predicted molar refractivity (Wildman–Crippen MR) is 69.6 cm³/mol. The summed E-state index contributed by atoms with van der Waals surface area (Å²) in [5, 5.41) is 0. The quantitative estimate of drug-likeness (QED) is 0.744. The molecule has 1 aromatic carbocycles. The summed E-state index contributed by atoms with van der Waals surface area (Å²) in [4.78, 5) is 13.5. The largest absolute Gasteiger partial charge is 0.398 e. The zero-order valence-corrected chi connectivity index (χ0v) is 11.3. The first kappa shape index (κ1) is 11.5. The molecule has 1 heterocycles. The average molecular weight is 283 g/mol. The molecule has 86 valence electrons. The van der Waals surface area contributed by atoms with Crippen LogP contribution in [0, 0.1) is 0 Å². The average Bonchev–Trinajstić information content (AvgIpc) is 2.17. The molecule has 1 aliphatic rings. The van der Waals surface area contributed by atoms with Gasteiger partial charge in [-0.3, -0.25) is 4.79 Å². The number of benzene rings is 1. The van der Waals surface area contributed by atoms with Crippen LogP contribution in [0.4, 0.5) is 11.4 Å². The number of anilines is 2. The van der Waals surface area contributed by atoms with E-state index >= 15 is 0 Å². The molecule has 1 amide bonds. The van der Waals surface area contributed by atoms with E-state index in [9.17, 15) is 4.79 Å². The van der Waals surface area contributed by atoms with E-state index in [2.05, 4.69) is 29.8 Å². The van der Waals surface area contributed by atoms with Crippen LogP contribution >= 0.6 is 15.9 Å². The van der Waals surface area contributed by atoms with Gasteiger partial charge in [-0.05, 0) is 33.6 Å². The van der Waals surface area contributed by atoms with Crippen LogP contribution in [0.3, 0.4) is 0 Å². The van der Waals surface area contributed by atoms with Crippen molar-refractivity contribution in [2.75, 3.05) is 17.7 Å². The second-order valence-electron chi connectivity index (χ2n) is 4.90. The molecule has 0 saturated heterocycles. The Bertz CT molecular complexity index is 468. The van der Waals surface area contributed by atoms with Crippen LogP contribution in [0.15, 0.2) is 16.6 Å². The molecule has 0 spiro atoms. The fourth-order valence-electron chi connectivity index (χ4n) is 2.12. The summed E-state index contributed by atoms with van der Waals surface area (Å²) >= 11 is 3.43. The zero-order valence-electron chi connectivity index (χ0n) is 9.67. The number of amides is 1. The topological polar surface area (TPSA) is 46.3 Å². The number of nitrogens with zero attached hydrogens (tertiary/aromatic N) is 1. The first-order valence-electron chi connectivity index (χ1n) is 5.19. The van der Waals surface area contributed by atoms with Crippen molar-refractivity contribution in [2.45, 2.75) is 25.7 Å². The van der Waals surface area contributed by atoms with Crippen molar-refractivity contribution < 1.29 is 4.79 Å². The summed E-state index contributed by atoms with van der Waals surface area (Å²) in [5.41, 5.74) is 8.47. The fourth-order valence-corrected chi connectivity index (χ4v) is 2.47. The molecule has 0 radical (unpaired) electrons. The van der Waals surface area contributed by atoms with Crippen LogP contribution in [0.5, 0.6) is 0 Å². The van der Waals surface area contributed by atoms with Gasteiger partial charge in [0, 0.05) is 34.7 Å². The van der Waals surface area contributed by atoms with E-state index in [0.717, 1.165) is 15.7 Å². The summed E-state index contributed by atoms with van der Waals surface area (Å²) in [6.45, 7) is 4.17. The Morgan fingerprint density at radius 1 is 1.44 bits per heavy atom. The highest BCUT2D eigenvalue weighted by Crippen LogP contribution is 2.42. The van der Waals surface area contributed by atoms with Gasteiger partial charge in [-0.2, -0.15) is 0 Å². The van der Waals surface area contributed by atoms with Gasteiger partial charge in [-0.1, -0.05) is 13.8 Å². The summed E-state index contributed by atoms with van der Waals surface area (Å²) < 4.78 is 0.891. The molecule has 0 atom stereocenters. The van der Waals surface area contributed by atoms with Crippen molar-refractivity contribution >= 4 is 33.2 Å². The summed E-state index contributed by atoms with van der Waals surface area (Å²) in [7, 11) is 1.80. The van der Waals surface area contributed by atoms with E-state index in [1.807, 2.05) is 12.1 Å². The van der Waals surface area contributed by atoms with Crippen molar-refractivity contribution in [3.05, 3.63) is 22.2 Å². The lowest BCUT2D eigenvalue weighted by atomic mass is 9.77. The number of halogens is 1. The Kier molecular flexibility index (Phi) is 2.49. The molecule has 4 heteroatoms. The molecular weight excluding hydrogens is 268 g/mol. The minimum Gasteiger partial charge on any atom is -0.398 e. The zero-order chi connectivity index (χ0) is 12.1. The third kappa shape index (κ3) is 1.61. The second kappa shape index (κ2) is 3.48.